The lowest BCUT2D eigenvalue weighted by Gasteiger charge is -2.48. The molecule has 1 fully saturated rings. The number of carboxylic acids is 1. The van der Waals surface area contributed by atoms with Crippen molar-refractivity contribution in [3.8, 4) is 11.5 Å². The van der Waals surface area contributed by atoms with E-state index >= 15 is 0 Å². The minimum Gasteiger partial charge on any atom is -0.498 e. The summed E-state index contributed by atoms with van der Waals surface area (Å²) in [4.78, 5) is 37.9. The Morgan fingerprint density at radius 1 is 1.19 bits per heavy atom. The Bertz CT molecular complexity index is 816. The predicted octanol–water partition coefficient (Wildman–Crippen LogP) is 0.660. The van der Waals surface area contributed by atoms with E-state index < -0.39 is 29.2 Å². The van der Waals surface area contributed by atoms with E-state index in [2.05, 4.69) is 5.32 Å². The van der Waals surface area contributed by atoms with Crippen LogP contribution >= 0.6 is 11.8 Å². The van der Waals surface area contributed by atoms with Gasteiger partial charge in [-0.25, -0.2) is 4.79 Å². The van der Waals surface area contributed by atoms with Gasteiger partial charge < -0.3 is 24.6 Å². The summed E-state index contributed by atoms with van der Waals surface area (Å²) in [6.45, 7) is 0. The van der Waals surface area contributed by atoms with Crippen molar-refractivity contribution in [2.45, 2.75) is 11.4 Å². The van der Waals surface area contributed by atoms with Crippen LogP contribution < -0.4 is 14.8 Å². The highest BCUT2D eigenvalue weighted by atomic mass is 32.2. The quantitative estimate of drug-likeness (QED) is 0.677. The van der Waals surface area contributed by atoms with Gasteiger partial charge >= 0.3 is 5.97 Å². The van der Waals surface area contributed by atoms with E-state index in [1.807, 2.05) is 0 Å². The fourth-order valence-electron chi connectivity index (χ4n) is 3.04. The monoisotopic (exact) mass is 394 g/mol. The molecule has 2 aliphatic rings. The highest BCUT2D eigenvalue weighted by Crippen LogP contribution is 2.40. The maximum Gasteiger partial charge on any atom is 0.356 e. The first-order valence-corrected chi connectivity index (χ1v) is 8.96. The van der Waals surface area contributed by atoms with Crippen LogP contribution in [-0.4, -0.2) is 66.3 Å². The number of methoxy groups -OCH3 is 3. The van der Waals surface area contributed by atoms with Gasteiger partial charge in [0.15, 0.2) is 5.70 Å². The summed E-state index contributed by atoms with van der Waals surface area (Å²) >= 11 is 1.32. The van der Waals surface area contributed by atoms with E-state index in [0.29, 0.717) is 11.5 Å². The van der Waals surface area contributed by atoms with Gasteiger partial charge in [0.25, 0.3) is 11.8 Å². The molecule has 10 heteroatoms. The van der Waals surface area contributed by atoms with Gasteiger partial charge in [0.05, 0.1) is 27.1 Å². The first kappa shape index (κ1) is 18.9. The Hall–Kier alpha value is -2.88. The average molecular weight is 394 g/mol. The number of benzene rings is 1. The molecule has 3 rings (SSSR count). The first-order valence-electron chi connectivity index (χ1n) is 7.91. The number of ether oxygens (including phenoxy) is 3. The fraction of sp³-hybridized carbons (Fsp3) is 0.353. The second-order valence-corrected chi connectivity index (χ2v) is 6.78. The molecular weight excluding hydrogens is 376 g/mol. The number of nitrogens with one attached hydrogen (secondary N) is 1. The summed E-state index contributed by atoms with van der Waals surface area (Å²) in [7, 11) is 4.21. The van der Waals surface area contributed by atoms with Gasteiger partial charge in [0.2, 0.25) is 0 Å². The molecule has 1 aromatic carbocycles. The molecule has 27 heavy (non-hydrogen) atoms. The zero-order chi connectivity index (χ0) is 19.7. The predicted molar refractivity (Wildman–Crippen MR) is 95.6 cm³/mol. The van der Waals surface area contributed by atoms with Crippen molar-refractivity contribution in [1.82, 2.24) is 10.2 Å². The van der Waals surface area contributed by atoms with Crippen molar-refractivity contribution < 1.29 is 33.7 Å². The van der Waals surface area contributed by atoms with Gasteiger partial charge in [-0.15, -0.1) is 11.8 Å². The molecule has 9 nitrogen and oxygen atoms in total. The molecule has 0 aromatic heterocycles. The van der Waals surface area contributed by atoms with Crippen molar-refractivity contribution in [3.63, 3.8) is 0 Å². The molecule has 0 bridgehead atoms. The normalized spacial score (nSPS) is 21.1. The summed E-state index contributed by atoms with van der Waals surface area (Å²) in [5.74, 6) is -1.19. The van der Waals surface area contributed by atoms with E-state index in [0.717, 1.165) is 4.90 Å². The third kappa shape index (κ3) is 3.05. The van der Waals surface area contributed by atoms with Gasteiger partial charge in [0, 0.05) is 0 Å². The number of thioether (sulfide) groups is 1. The Morgan fingerprint density at radius 2 is 1.81 bits per heavy atom. The third-order valence-corrected chi connectivity index (χ3v) is 5.58. The first-order chi connectivity index (χ1) is 12.9. The number of carbonyl (C=O) groups excluding carboxylic acids is 2. The summed E-state index contributed by atoms with van der Waals surface area (Å²) in [5, 5.41) is 11.5. The van der Waals surface area contributed by atoms with E-state index in [4.69, 9.17) is 14.2 Å². The summed E-state index contributed by atoms with van der Waals surface area (Å²) in [6.07, 6.45) is 0. The molecule has 0 radical (unpaired) electrons. The van der Waals surface area contributed by atoms with Gasteiger partial charge in [-0.3, -0.25) is 14.5 Å². The lowest BCUT2D eigenvalue weighted by atomic mass is 10.0. The molecular formula is C17H18N2O7S. The van der Waals surface area contributed by atoms with Gasteiger partial charge in [0.1, 0.15) is 34.2 Å². The van der Waals surface area contributed by atoms with Crippen molar-refractivity contribution in [1.29, 1.82) is 0 Å². The lowest BCUT2D eigenvalue weighted by molar-refractivity contribution is -0.149. The van der Waals surface area contributed by atoms with Crippen molar-refractivity contribution >= 4 is 29.5 Å². The molecule has 1 saturated heterocycles. The van der Waals surface area contributed by atoms with Crippen LogP contribution in [0.5, 0.6) is 11.5 Å². The van der Waals surface area contributed by atoms with Crippen molar-refractivity contribution in [3.05, 3.63) is 35.2 Å². The molecule has 0 unspecified atom stereocenters. The molecule has 2 amide bonds. The number of nitrogens with zero attached hydrogens (tertiary/aromatic N) is 1. The topological polar surface area (TPSA) is 114 Å². The zero-order valence-electron chi connectivity index (χ0n) is 14.8. The second-order valence-electron chi connectivity index (χ2n) is 5.68. The number of aliphatic carboxylic acids is 1. The SMILES string of the molecule is COC1=C(C(=O)O)N2C(=O)[C@@H](NC(=O)c3c(OC)cccc3OC)[C@@H]2SC1. The van der Waals surface area contributed by atoms with Gasteiger partial charge in [-0.1, -0.05) is 6.07 Å². The minimum atomic E-state index is -1.25. The fourth-order valence-corrected chi connectivity index (χ4v) is 4.35. The van der Waals surface area contributed by atoms with E-state index in [9.17, 15) is 19.5 Å². The van der Waals surface area contributed by atoms with Crippen LogP contribution in [0.3, 0.4) is 0 Å². The van der Waals surface area contributed by atoms with E-state index in [-0.39, 0.29) is 22.8 Å². The highest BCUT2D eigenvalue weighted by Gasteiger charge is 2.55. The number of carboxylic acid groups (broad SMARTS) is 1. The molecule has 2 heterocycles. The maximum absolute atomic E-state index is 12.8. The number of amides is 2. The summed E-state index contributed by atoms with van der Waals surface area (Å²) in [5.41, 5.74) is -0.0206. The standard InChI is InChI=1S/C17H18N2O7S/c1-24-8-5-4-6-9(25-2)11(8)14(20)18-12-15(21)19-13(17(22)23)10(26-3)7-27-16(12)19/h4-6,12,16H,7H2,1-3H3,(H,18,20)(H,22,23)/t12-,16+/m1/s1. The van der Waals surface area contributed by atoms with Gasteiger partial charge in [-0.2, -0.15) is 0 Å². The molecule has 144 valence electrons. The van der Waals surface area contributed by atoms with Crippen LogP contribution in [0.25, 0.3) is 0 Å². The van der Waals surface area contributed by atoms with E-state index in [1.165, 1.54) is 33.1 Å². The van der Waals surface area contributed by atoms with Crippen molar-refractivity contribution in [2.75, 3.05) is 27.1 Å². The Kier molecular flexibility index (Phi) is 5.17. The third-order valence-electron chi connectivity index (χ3n) is 4.32. The molecule has 2 atom stereocenters. The molecule has 1 aromatic rings. The second kappa shape index (κ2) is 7.39. The van der Waals surface area contributed by atoms with Crippen LogP contribution in [0.2, 0.25) is 0 Å². The average Bonchev–Trinajstić information content (AvgIpc) is 2.69. The van der Waals surface area contributed by atoms with Crippen LogP contribution in [-0.2, 0) is 14.3 Å². The zero-order valence-corrected chi connectivity index (χ0v) is 15.7. The molecule has 0 saturated carbocycles. The van der Waals surface area contributed by atoms with Crippen LogP contribution in [0.15, 0.2) is 29.7 Å². The number of β-lactam (4-membered cyclic amide) rings is 1. The minimum absolute atomic E-state index is 0.168. The maximum atomic E-state index is 12.8. The number of rotatable bonds is 6. The molecule has 0 spiro atoms. The van der Waals surface area contributed by atoms with Crippen LogP contribution in [0.1, 0.15) is 10.4 Å². The smallest absolute Gasteiger partial charge is 0.356 e. The number of hydrogen-bond donors (Lipinski definition) is 2. The highest BCUT2D eigenvalue weighted by molar-refractivity contribution is 8.00. The van der Waals surface area contributed by atoms with Gasteiger partial charge in [-0.05, 0) is 12.1 Å². The lowest BCUT2D eigenvalue weighted by Crippen LogP contribution is -2.70. The molecule has 2 N–H and O–H groups in total. The largest absolute Gasteiger partial charge is 0.498 e. The Morgan fingerprint density at radius 3 is 2.33 bits per heavy atom. The summed E-state index contributed by atoms with van der Waals surface area (Å²) in [6, 6.07) is 4.04. The number of fused-ring (bicyclic) bond motifs is 1. The molecule has 2 aliphatic heterocycles. The Balaban J connectivity index is 1.84. The van der Waals surface area contributed by atoms with Crippen LogP contribution in [0.4, 0.5) is 0 Å². The number of carbonyl (C=O) groups is 3. The van der Waals surface area contributed by atoms with Crippen molar-refractivity contribution in [2.24, 2.45) is 0 Å². The summed E-state index contributed by atoms with van der Waals surface area (Å²) < 4.78 is 15.5. The molecule has 0 aliphatic carbocycles. The Labute approximate surface area is 159 Å². The van der Waals surface area contributed by atoms with E-state index in [1.54, 1.807) is 18.2 Å². The van der Waals surface area contributed by atoms with Crippen LogP contribution in [0, 0.1) is 0 Å². The number of hydrogen-bond acceptors (Lipinski definition) is 7.